The number of anilines is 1. The van der Waals surface area contributed by atoms with Crippen molar-refractivity contribution in [3.8, 4) is 0 Å². The minimum atomic E-state index is -3.57. The summed E-state index contributed by atoms with van der Waals surface area (Å²) in [5.41, 5.74) is 7.80. The van der Waals surface area contributed by atoms with E-state index in [1.54, 1.807) is 22.7 Å². The molecule has 0 atom stereocenters. The second-order valence-electron chi connectivity index (χ2n) is 8.35. The van der Waals surface area contributed by atoms with Crippen LogP contribution in [0, 0.1) is 13.8 Å². The molecule has 0 aliphatic carbocycles. The molecule has 2 aromatic carbocycles. The summed E-state index contributed by atoms with van der Waals surface area (Å²) >= 11 is 5.38. The van der Waals surface area contributed by atoms with Gasteiger partial charge < -0.3 is 9.88 Å². The largest absolute Gasteiger partial charge is 0.350 e. The average Bonchev–Trinajstić information content (AvgIpc) is 3.11. The van der Waals surface area contributed by atoms with Crippen molar-refractivity contribution in [2.45, 2.75) is 45.4 Å². The monoisotopic (exact) mass is 499 g/mol. The highest BCUT2D eigenvalue weighted by atomic mass is 32.2. The van der Waals surface area contributed by atoms with E-state index in [-0.39, 0.29) is 0 Å². The van der Waals surface area contributed by atoms with Gasteiger partial charge in [0.15, 0.2) is 5.11 Å². The van der Waals surface area contributed by atoms with Crippen molar-refractivity contribution in [1.29, 1.82) is 0 Å². The van der Waals surface area contributed by atoms with E-state index in [1.807, 2.05) is 69.8 Å². The van der Waals surface area contributed by atoms with E-state index < -0.39 is 10.0 Å². The Labute approximate surface area is 207 Å². The number of benzene rings is 2. The van der Waals surface area contributed by atoms with Gasteiger partial charge in [0.2, 0.25) is 10.0 Å². The molecule has 0 unspecified atom stereocenters. The maximum atomic E-state index is 13.3. The molecule has 3 rings (SSSR count). The van der Waals surface area contributed by atoms with Crippen LogP contribution in [0.2, 0.25) is 0 Å². The van der Waals surface area contributed by atoms with E-state index in [4.69, 9.17) is 12.2 Å². The van der Waals surface area contributed by atoms with Gasteiger partial charge in [-0.1, -0.05) is 26.0 Å². The van der Waals surface area contributed by atoms with Gasteiger partial charge in [-0.2, -0.15) is 9.41 Å². The maximum absolute atomic E-state index is 13.3. The van der Waals surface area contributed by atoms with Crippen LogP contribution in [0.15, 0.2) is 52.6 Å². The van der Waals surface area contributed by atoms with Gasteiger partial charge in [-0.3, -0.25) is 5.43 Å². The summed E-state index contributed by atoms with van der Waals surface area (Å²) in [6.07, 6.45) is 5.12. The third-order valence-electron chi connectivity index (χ3n) is 5.80. The number of rotatable bonds is 9. The first-order valence-corrected chi connectivity index (χ1v) is 13.3. The molecule has 0 radical (unpaired) electrons. The third kappa shape index (κ3) is 5.65. The van der Waals surface area contributed by atoms with Gasteiger partial charge in [0.25, 0.3) is 0 Å². The van der Waals surface area contributed by atoms with Crippen LogP contribution in [-0.2, 0) is 17.1 Å². The van der Waals surface area contributed by atoms with Crippen molar-refractivity contribution < 1.29 is 8.42 Å². The molecule has 9 heteroatoms. The lowest BCUT2D eigenvalue weighted by atomic mass is 10.1. The van der Waals surface area contributed by atoms with Crippen LogP contribution in [0.1, 0.15) is 43.4 Å². The van der Waals surface area contributed by atoms with Crippen molar-refractivity contribution in [2.75, 3.05) is 18.4 Å². The first-order chi connectivity index (χ1) is 16.2. The molecule has 0 aliphatic rings. The topological polar surface area (TPSA) is 78.7 Å². The standard InChI is InChI=1S/C25H33N5O2S2/c1-6-13-30(14-7-2)34(31,32)21-11-12-24-22(15-21)20(17-29(24)5)16-26-28-25(33)27-23-10-8-9-18(3)19(23)4/h8-12,15-17H,6-7,13-14H2,1-5H3,(H2,27,28,33). The molecule has 0 bridgehead atoms. The summed E-state index contributed by atoms with van der Waals surface area (Å²) in [5.74, 6) is 0. The summed E-state index contributed by atoms with van der Waals surface area (Å²) in [7, 11) is -1.64. The normalized spacial score (nSPS) is 12.1. The molecule has 0 saturated carbocycles. The number of hydrogen-bond donors (Lipinski definition) is 2. The van der Waals surface area contributed by atoms with Crippen molar-refractivity contribution in [2.24, 2.45) is 12.1 Å². The van der Waals surface area contributed by atoms with E-state index in [9.17, 15) is 8.42 Å². The van der Waals surface area contributed by atoms with E-state index in [2.05, 4.69) is 15.8 Å². The maximum Gasteiger partial charge on any atom is 0.243 e. The van der Waals surface area contributed by atoms with Crippen molar-refractivity contribution in [1.82, 2.24) is 14.3 Å². The summed E-state index contributed by atoms with van der Waals surface area (Å²) in [6, 6.07) is 11.2. The number of hydrogen-bond acceptors (Lipinski definition) is 4. The van der Waals surface area contributed by atoms with Gasteiger partial charge in [-0.15, -0.1) is 0 Å². The second-order valence-corrected chi connectivity index (χ2v) is 10.7. The van der Waals surface area contributed by atoms with E-state index in [0.717, 1.165) is 40.6 Å². The molecule has 0 amide bonds. The summed E-state index contributed by atoms with van der Waals surface area (Å²) in [6.45, 7) is 9.07. The first-order valence-electron chi connectivity index (χ1n) is 11.4. The molecule has 1 aromatic heterocycles. The van der Waals surface area contributed by atoms with Crippen LogP contribution in [0.4, 0.5) is 5.69 Å². The van der Waals surface area contributed by atoms with Crippen molar-refractivity contribution in [3.63, 3.8) is 0 Å². The van der Waals surface area contributed by atoms with Gasteiger partial charge in [-0.05, 0) is 74.3 Å². The van der Waals surface area contributed by atoms with Gasteiger partial charge in [0, 0.05) is 48.5 Å². The molecule has 1 heterocycles. The number of nitrogens with one attached hydrogen (secondary N) is 2. The lowest BCUT2D eigenvalue weighted by molar-refractivity contribution is 0.410. The number of aromatic nitrogens is 1. The van der Waals surface area contributed by atoms with E-state index in [1.165, 1.54) is 5.56 Å². The van der Waals surface area contributed by atoms with Gasteiger partial charge in [0.05, 0.1) is 11.1 Å². The smallest absolute Gasteiger partial charge is 0.243 e. The van der Waals surface area contributed by atoms with Crippen LogP contribution >= 0.6 is 12.2 Å². The predicted molar refractivity (Wildman–Crippen MR) is 145 cm³/mol. The quantitative estimate of drug-likeness (QED) is 0.248. The first kappa shape index (κ1) is 25.9. The van der Waals surface area contributed by atoms with Crippen LogP contribution < -0.4 is 10.7 Å². The minimum absolute atomic E-state index is 0.294. The fourth-order valence-electron chi connectivity index (χ4n) is 3.86. The highest BCUT2D eigenvalue weighted by Crippen LogP contribution is 2.25. The number of sulfonamides is 1. The van der Waals surface area contributed by atoms with Crippen molar-refractivity contribution >= 4 is 50.2 Å². The number of aryl methyl sites for hydroxylation is 2. The van der Waals surface area contributed by atoms with Crippen LogP contribution in [0.25, 0.3) is 10.9 Å². The second kappa shape index (κ2) is 11.1. The minimum Gasteiger partial charge on any atom is -0.350 e. The molecular weight excluding hydrogens is 466 g/mol. The predicted octanol–water partition coefficient (Wildman–Crippen LogP) is 4.93. The summed E-state index contributed by atoms with van der Waals surface area (Å²) in [5, 5.41) is 8.64. The molecule has 34 heavy (non-hydrogen) atoms. The molecule has 0 saturated heterocycles. The number of nitrogens with zero attached hydrogens (tertiary/aromatic N) is 3. The van der Waals surface area contributed by atoms with Crippen molar-refractivity contribution in [3.05, 3.63) is 59.3 Å². The SMILES string of the molecule is CCCN(CCC)S(=O)(=O)c1ccc2c(c1)c(C=NNC(=S)Nc1cccc(C)c1C)cn2C. The van der Waals surface area contributed by atoms with Gasteiger partial charge in [0.1, 0.15) is 0 Å². The molecular formula is C25H33N5O2S2. The Kier molecular flexibility index (Phi) is 8.46. The van der Waals surface area contributed by atoms with Crippen LogP contribution in [-0.4, -0.2) is 41.7 Å². The zero-order valence-electron chi connectivity index (χ0n) is 20.4. The summed E-state index contributed by atoms with van der Waals surface area (Å²) < 4.78 is 30.0. The zero-order valence-corrected chi connectivity index (χ0v) is 22.1. The van der Waals surface area contributed by atoms with E-state index in [0.29, 0.717) is 23.1 Å². The Morgan fingerprint density at radius 3 is 2.53 bits per heavy atom. The highest BCUT2D eigenvalue weighted by molar-refractivity contribution is 7.89. The highest BCUT2D eigenvalue weighted by Gasteiger charge is 2.24. The molecule has 0 spiro atoms. The lowest BCUT2D eigenvalue weighted by Gasteiger charge is -2.21. The van der Waals surface area contributed by atoms with Crippen LogP contribution in [0.3, 0.4) is 0 Å². The molecule has 182 valence electrons. The molecule has 3 aromatic rings. The van der Waals surface area contributed by atoms with E-state index >= 15 is 0 Å². The Balaban J connectivity index is 1.83. The third-order valence-corrected chi connectivity index (χ3v) is 7.89. The summed E-state index contributed by atoms with van der Waals surface area (Å²) in [4.78, 5) is 0.294. The zero-order chi connectivity index (χ0) is 24.9. The Morgan fingerprint density at radius 2 is 1.85 bits per heavy atom. The van der Waals surface area contributed by atoms with Gasteiger partial charge in [-0.25, -0.2) is 8.42 Å². The molecule has 7 nitrogen and oxygen atoms in total. The fourth-order valence-corrected chi connectivity index (χ4v) is 5.68. The Bertz CT molecular complexity index is 1310. The number of fused-ring (bicyclic) bond motifs is 1. The van der Waals surface area contributed by atoms with Crippen LogP contribution in [0.5, 0.6) is 0 Å². The molecule has 0 aliphatic heterocycles. The lowest BCUT2D eigenvalue weighted by Crippen LogP contribution is -2.32. The van der Waals surface area contributed by atoms with Gasteiger partial charge >= 0.3 is 0 Å². The number of thiocarbonyl (C=S) groups is 1. The average molecular weight is 500 g/mol. The molecule has 0 fully saturated rings. The Hall–Kier alpha value is -2.75. The number of hydrazone groups is 1. The Morgan fingerprint density at radius 1 is 1.15 bits per heavy atom. The molecule has 2 N–H and O–H groups in total. The fraction of sp³-hybridized carbons (Fsp3) is 0.360.